The summed E-state index contributed by atoms with van der Waals surface area (Å²) in [6, 6.07) is 9.87. The molecule has 2 nitrogen and oxygen atoms in total. The molecule has 1 heterocycles. The van der Waals surface area contributed by atoms with Gasteiger partial charge in [-0.1, -0.05) is 30.3 Å². The number of rotatable bonds is 3. The molecule has 1 fully saturated rings. The summed E-state index contributed by atoms with van der Waals surface area (Å²) in [5, 5.41) is 0. The molecule has 0 bridgehead atoms. The number of hydrogen-bond acceptors (Lipinski definition) is 2. The van der Waals surface area contributed by atoms with Crippen molar-refractivity contribution in [1.82, 2.24) is 0 Å². The Bertz CT molecular complexity index is 315. The van der Waals surface area contributed by atoms with Crippen molar-refractivity contribution in [3.05, 3.63) is 35.9 Å². The second-order valence-corrected chi connectivity index (χ2v) is 4.67. The first-order valence-electron chi connectivity index (χ1n) is 5.20. The van der Waals surface area contributed by atoms with Gasteiger partial charge in [-0.15, -0.1) is 23.2 Å². The Morgan fingerprint density at radius 1 is 1.06 bits per heavy atom. The van der Waals surface area contributed by atoms with Crippen molar-refractivity contribution in [1.29, 1.82) is 0 Å². The summed E-state index contributed by atoms with van der Waals surface area (Å²) in [6.07, 6.45) is -0.291. The SMILES string of the molecule is ClCC1(CCl)COC(c2ccccc2)OC1. The average molecular weight is 261 g/mol. The molecule has 0 aliphatic carbocycles. The van der Waals surface area contributed by atoms with E-state index in [1.807, 2.05) is 30.3 Å². The normalized spacial score (nSPS) is 20.9. The van der Waals surface area contributed by atoms with Crippen LogP contribution in [-0.4, -0.2) is 25.0 Å². The minimum absolute atomic E-state index is 0.242. The molecule has 0 spiro atoms. The van der Waals surface area contributed by atoms with E-state index < -0.39 is 0 Å². The Morgan fingerprint density at radius 3 is 2.12 bits per heavy atom. The van der Waals surface area contributed by atoms with Gasteiger partial charge in [0.2, 0.25) is 0 Å². The smallest absolute Gasteiger partial charge is 0.183 e. The minimum atomic E-state index is -0.291. The van der Waals surface area contributed by atoms with E-state index in [1.165, 1.54) is 0 Å². The van der Waals surface area contributed by atoms with E-state index in [0.717, 1.165) is 5.56 Å². The van der Waals surface area contributed by atoms with Crippen LogP contribution in [0.5, 0.6) is 0 Å². The fraction of sp³-hybridized carbons (Fsp3) is 0.500. The third-order valence-corrected chi connectivity index (χ3v) is 3.85. The fourth-order valence-electron chi connectivity index (χ4n) is 1.59. The van der Waals surface area contributed by atoms with Gasteiger partial charge in [-0.05, 0) is 0 Å². The van der Waals surface area contributed by atoms with Gasteiger partial charge in [0, 0.05) is 22.7 Å². The Morgan fingerprint density at radius 2 is 1.62 bits per heavy atom. The lowest BCUT2D eigenvalue weighted by molar-refractivity contribution is -0.224. The Labute approximate surface area is 105 Å². The molecule has 4 heteroatoms. The summed E-state index contributed by atoms with van der Waals surface area (Å²) in [4.78, 5) is 0. The number of hydrogen-bond donors (Lipinski definition) is 0. The summed E-state index contributed by atoms with van der Waals surface area (Å²) >= 11 is 11.8. The van der Waals surface area contributed by atoms with Crippen LogP contribution in [0.4, 0.5) is 0 Å². The largest absolute Gasteiger partial charge is 0.348 e. The topological polar surface area (TPSA) is 18.5 Å². The van der Waals surface area contributed by atoms with Crippen molar-refractivity contribution in [3.8, 4) is 0 Å². The molecule has 0 atom stereocenters. The van der Waals surface area contributed by atoms with Gasteiger partial charge >= 0.3 is 0 Å². The molecule has 0 aromatic heterocycles. The molecule has 16 heavy (non-hydrogen) atoms. The maximum Gasteiger partial charge on any atom is 0.183 e. The molecule has 0 unspecified atom stereocenters. The lowest BCUT2D eigenvalue weighted by Gasteiger charge is -2.37. The van der Waals surface area contributed by atoms with Gasteiger partial charge in [-0.2, -0.15) is 0 Å². The molecular formula is C12H14Cl2O2. The maximum atomic E-state index is 5.89. The zero-order chi connectivity index (χ0) is 11.4. The van der Waals surface area contributed by atoms with Crippen molar-refractivity contribution in [2.24, 2.45) is 5.41 Å². The molecule has 1 aliphatic rings. The summed E-state index contributed by atoms with van der Waals surface area (Å²) < 4.78 is 11.3. The predicted octanol–water partition coefficient (Wildman–Crippen LogP) is 3.20. The predicted molar refractivity (Wildman–Crippen MR) is 65.0 cm³/mol. The first-order chi connectivity index (χ1) is 7.79. The van der Waals surface area contributed by atoms with E-state index in [4.69, 9.17) is 32.7 Å². The molecule has 0 amide bonds. The summed E-state index contributed by atoms with van der Waals surface area (Å²) in [7, 11) is 0. The zero-order valence-corrected chi connectivity index (χ0v) is 10.4. The quantitative estimate of drug-likeness (QED) is 0.778. The Kier molecular flexibility index (Phi) is 4.09. The van der Waals surface area contributed by atoms with Crippen LogP contribution < -0.4 is 0 Å². The van der Waals surface area contributed by atoms with Gasteiger partial charge < -0.3 is 9.47 Å². The number of alkyl halides is 2. The maximum absolute atomic E-state index is 5.89. The second kappa shape index (κ2) is 5.37. The second-order valence-electron chi connectivity index (χ2n) is 4.13. The molecule has 0 radical (unpaired) electrons. The van der Waals surface area contributed by atoms with Crippen molar-refractivity contribution >= 4 is 23.2 Å². The highest BCUT2D eigenvalue weighted by Gasteiger charge is 2.36. The van der Waals surface area contributed by atoms with Crippen LogP contribution in [0.3, 0.4) is 0 Å². The monoisotopic (exact) mass is 260 g/mol. The van der Waals surface area contributed by atoms with Gasteiger partial charge in [0.05, 0.1) is 13.2 Å². The van der Waals surface area contributed by atoms with Crippen LogP contribution in [0.2, 0.25) is 0 Å². The van der Waals surface area contributed by atoms with Gasteiger partial charge in [-0.3, -0.25) is 0 Å². The molecule has 1 aromatic rings. The van der Waals surface area contributed by atoms with E-state index in [2.05, 4.69) is 0 Å². The molecule has 2 rings (SSSR count). The van der Waals surface area contributed by atoms with Crippen LogP contribution in [0.15, 0.2) is 30.3 Å². The van der Waals surface area contributed by atoms with Crippen LogP contribution in [-0.2, 0) is 9.47 Å². The third-order valence-electron chi connectivity index (χ3n) is 2.72. The zero-order valence-electron chi connectivity index (χ0n) is 8.86. The number of ether oxygens (including phenoxy) is 2. The van der Waals surface area contributed by atoms with Crippen LogP contribution >= 0.6 is 23.2 Å². The van der Waals surface area contributed by atoms with Gasteiger partial charge in [0.1, 0.15) is 0 Å². The van der Waals surface area contributed by atoms with E-state index in [1.54, 1.807) is 0 Å². The molecule has 0 N–H and O–H groups in total. The van der Waals surface area contributed by atoms with E-state index in [0.29, 0.717) is 25.0 Å². The third kappa shape index (κ3) is 2.51. The van der Waals surface area contributed by atoms with Crippen LogP contribution in [0.25, 0.3) is 0 Å². The van der Waals surface area contributed by atoms with Gasteiger partial charge in [0.25, 0.3) is 0 Å². The first-order valence-corrected chi connectivity index (χ1v) is 6.27. The first kappa shape index (κ1) is 12.2. The fourth-order valence-corrected chi connectivity index (χ4v) is 2.18. The van der Waals surface area contributed by atoms with E-state index in [9.17, 15) is 0 Å². The summed E-state index contributed by atoms with van der Waals surface area (Å²) in [6.45, 7) is 1.08. The lowest BCUT2D eigenvalue weighted by Crippen LogP contribution is -2.41. The van der Waals surface area contributed by atoms with Crippen LogP contribution in [0.1, 0.15) is 11.9 Å². The summed E-state index contributed by atoms with van der Waals surface area (Å²) in [5.74, 6) is 0.913. The van der Waals surface area contributed by atoms with E-state index >= 15 is 0 Å². The van der Waals surface area contributed by atoms with Crippen molar-refractivity contribution < 1.29 is 9.47 Å². The highest BCUT2D eigenvalue weighted by Crippen LogP contribution is 2.33. The Hall–Kier alpha value is -0.280. The molecular weight excluding hydrogens is 247 g/mol. The standard InChI is InChI=1S/C12H14Cl2O2/c13-6-12(7-14)8-15-11(16-9-12)10-4-2-1-3-5-10/h1-5,11H,6-9H2. The Balaban J connectivity index is 2.00. The summed E-state index contributed by atoms with van der Waals surface area (Å²) in [5.41, 5.74) is 0.786. The van der Waals surface area contributed by atoms with Gasteiger partial charge in [0.15, 0.2) is 6.29 Å². The van der Waals surface area contributed by atoms with E-state index in [-0.39, 0.29) is 11.7 Å². The minimum Gasteiger partial charge on any atom is -0.348 e. The molecule has 1 aliphatic heterocycles. The van der Waals surface area contributed by atoms with Crippen molar-refractivity contribution in [2.45, 2.75) is 6.29 Å². The highest BCUT2D eigenvalue weighted by molar-refractivity contribution is 6.21. The van der Waals surface area contributed by atoms with Crippen LogP contribution in [0, 0.1) is 5.41 Å². The van der Waals surface area contributed by atoms with Gasteiger partial charge in [-0.25, -0.2) is 0 Å². The number of halogens is 2. The lowest BCUT2D eigenvalue weighted by atomic mass is 9.94. The van der Waals surface area contributed by atoms with Crippen molar-refractivity contribution in [3.63, 3.8) is 0 Å². The number of benzene rings is 1. The molecule has 0 saturated carbocycles. The highest BCUT2D eigenvalue weighted by atomic mass is 35.5. The van der Waals surface area contributed by atoms with Crippen molar-refractivity contribution in [2.75, 3.05) is 25.0 Å². The molecule has 1 saturated heterocycles. The molecule has 88 valence electrons. The molecule has 1 aromatic carbocycles. The average Bonchev–Trinajstić information content (AvgIpc) is 2.40.